The first kappa shape index (κ1) is 62.3. The van der Waals surface area contributed by atoms with E-state index in [2.05, 4.69) is 93.6 Å². The lowest BCUT2D eigenvalue weighted by Gasteiger charge is -2.31. The number of hydrogen-bond donors (Lipinski definition) is 6. The van der Waals surface area contributed by atoms with Crippen LogP contribution in [0.15, 0.2) is 118 Å². The van der Waals surface area contributed by atoms with Gasteiger partial charge in [0.05, 0.1) is 27.9 Å². The summed E-state index contributed by atoms with van der Waals surface area (Å²) in [4.78, 5) is 45.4. The van der Waals surface area contributed by atoms with Gasteiger partial charge in [-0.2, -0.15) is 9.97 Å². The fourth-order valence-corrected chi connectivity index (χ4v) is 12.1. The number of amidine groups is 1. The van der Waals surface area contributed by atoms with Gasteiger partial charge in [0.15, 0.2) is 5.82 Å². The number of piperidine rings is 2. The highest BCUT2D eigenvalue weighted by Gasteiger charge is 2.24. The number of H-pyrrole nitrogens is 2. The third kappa shape index (κ3) is 16.6. The van der Waals surface area contributed by atoms with Crippen molar-refractivity contribution in [2.24, 2.45) is 22.6 Å². The summed E-state index contributed by atoms with van der Waals surface area (Å²) >= 11 is 12.8. The summed E-state index contributed by atoms with van der Waals surface area (Å²) < 4.78 is 18.3. The van der Waals surface area contributed by atoms with E-state index in [9.17, 15) is 9.59 Å². The lowest BCUT2D eigenvalue weighted by atomic mass is 9.91. The first-order chi connectivity index (χ1) is 39.4. The molecule has 2 aliphatic rings. The van der Waals surface area contributed by atoms with Gasteiger partial charge >= 0.3 is 11.4 Å². The van der Waals surface area contributed by atoms with Crippen molar-refractivity contribution >= 4 is 56.8 Å². The lowest BCUT2D eigenvalue weighted by Crippen LogP contribution is -2.37. The molecule has 7 N–H and O–H groups in total. The highest BCUT2D eigenvalue weighted by atomic mass is 35.5. The van der Waals surface area contributed by atoms with Gasteiger partial charge < -0.3 is 31.7 Å². The third-order valence-corrected chi connectivity index (χ3v) is 16.5. The van der Waals surface area contributed by atoms with Crippen LogP contribution in [0.4, 0.5) is 4.39 Å². The molecule has 2 saturated heterocycles. The topological polar surface area (TPSA) is 188 Å². The Morgan fingerprint density at radius 1 is 0.699 bits per heavy atom. The number of nitrogens with two attached hydrogens (primary N) is 1. The molecular weight excluding hydrogens is 1080 g/mol. The molecular formula is C67H84Cl2FN11O2. The molecule has 4 atom stereocenters. The number of nitrogens with one attached hydrogen (secondary N) is 5. The van der Waals surface area contributed by atoms with Crippen LogP contribution in [0.2, 0.25) is 10.0 Å². The van der Waals surface area contributed by atoms with Crippen LogP contribution in [0.1, 0.15) is 167 Å². The van der Waals surface area contributed by atoms with E-state index in [0.29, 0.717) is 68.8 Å². The minimum atomic E-state index is -0.483. The highest BCUT2D eigenvalue weighted by molar-refractivity contribution is 6.31. The molecule has 16 heteroatoms. The summed E-state index contributed by atoms with van der Waals surface area (Å²) in [5.74, 6) is 1.45. The zero-order chi connectivity index (χ0) is 58.0. The normalized spacial score (nSPS) is 17.5. The molecule has 0 amide bonds. The fourth-order valence-electron chi connectivity index (χ4n) is 11.6. The zero-order valence-electron chi connectivity index (χ0n) is 48.4. The molecule has 0 bridgehead atoms. The van der Waals surface area contributed by atoms with E-state index in [1.807, 2.05) is 74.6 Å². The van der Waals surface area contributed by atoms with Crippen molar-refractivity contribution in [3.63, 3.8) is 0 Å². The minimum absolute atomic E-state index is 0. The monoisotopic (exact) mass is 1160 g/mol. The third-order valence-electron chi connectivity index (χ3n) is 16.0. The molecule has 0 unspecified atom stereocenters. The first-order valence-corrected chi connectivity index (χ1v) is 30.2. The SMILES string of the molecule is C.CC(=N)CC[C@@H]1CCC[C@@H](c2ccc(-n3cc4cc(-c5cc(CCCC(C)C)cc(Cl)c5F)[nH]c4nc3=O)cc2)N1.CC(N)=NCC[C@@H]1CCC[C@@H](c2ccc(-n3cc4cc(-c5cc(Cl)cc(CCCC(C)C)c5)[nH]c4nc3=O)cc2)N1. The van der Waals surface area contributed by atoms with E-state index in [1.165, 1.54) is 34.1 Å². The lowest BCUT2D eigenvalue weighted by molar-refractivity contribution is 0.315. The van der Waals surface area contributed by atoms with E-state index in [4.69, 9.17) is 34.3 Å². The average Bonchev–Trinajstić information content (AvgIpc) is 4.29. The minimum Gasteiger partial charge on any atom is -0.388 e. The predicted molar refractivity (Wildman–Crippen MR) is 343 cm³/mol. The van der Waals surface area contributed by atoms with Crippen molar-refractivity contribution in [3.8, 4) is 33.9 Å². The number of rotatable bonds is 20. The second-order valence-electron chi connectivity index (χ2n) is 23.6. The fraction of sp³-hybridized carbons (Fsp3) is 0.433. The van der Waals surface area contributed by atoms with Crippen molar-refractivity contribution < 1.29 is 4.39 Å². The molecule has 4 aromatic carbocycles. The van der Waals surface area contributed by atoms with Crippen molar-refractivity contribution in [1.82, 2.24) is 39.7 Å². The Morgan fingerprint density at radius 3 is 1.72 bits per heavy atom. The standard InChI is InChI=1S/C33H39ClFN5O.C33H41ClN6O.CH4/c1-20(2)6-4-7-22-16-27(31(35)28(34)17-22)30-18-24-19-40(33(41)39-32(24)38-30)26-14-11-23(12-15-26)29-9-5-8-25(37-29)13-10-21(3)36;1-21(2)6-4-7-23-16-25(18-27(34)17-23)31-19-26-20-40(33(41)39-32(26)38-31)29-12-10-24(11-13-29)30-9-5-8-28(37-30)14-15-36-22(3)35;/h11-12,14-20,25,29,36-37H,4-10,13H2,1-3H3,(H,38,39,41);10-13,16-21,28,30,37H,4-9,14-15H2,1-3H3,(H2,35,36)(H,38,39,41);1H4/t25-,29-;28-,30-;/m00./s1. The molecule has 0 saturated carbocycles. The number of aliphatic imine (C=N–C) groups is 1. The molecule has 440 valence electrons. The number of aromatic nitrogens is 6. The maximum atomic E-state index is 15.1. The van der Waals surface area contributed by atoms with Crippen LogP contribution < -0.4 is 27.7 Å². The van der Waals surface area contributed by atoms with Crippen LogP contribution in [0.3, 0.4) is 0 Å². The van der Waals surface area contributed by atoms with Gasteiger partial charge in [0, 0.05) is 75.9 Å². The summed E-state index contributed by atoms with van der Waals surface area (Å²) in [6, 6.07) is 31.3. The van der Waals surface area contributed by atoms with Crippen LogP contribution in [0.5, 0.6) is 0 Å². The number of halogens is 3. The number of nitrogens with zero attached hydrogens (tertiary/aromatic N) is 5. The molecule has 0 aliphatic carbocycles. The zero-order valence-corrected chi connectivity index (χ0v) is 49.9. The largest absolute Gasteiger partial charge is 0.388 e. The Kier molecular flexibility index (Phi) is 21.6. The van der Waals surface area contributed by atoms with Gasteiger partial charge in [-0.25, -0.2) is 14.0 Å². The molecule has 2 aliphatic heterocycles. The van der Waals surface area contributed by atoms with E-state index in [-0.39, 0.29) is 24.2 Å². The smallest absolute Gasteiger partial charge is 0.354 e. The maximum Gasteiger partial charge on any atom is 0.354 e. The van der Waals surface area contributed by atoms with Crippen LogP contribution in [-0.2, 0) is 12.8 Å². The van der Waals surface area contributed by atoms with Crippen molar-refractivity contribution in [1.29, 1.82) is 5.41 Å². The Morgan fingerprint density at radius 2 is 1.20 bits per heavy atom. The molecule has 0 spiro atoms. The second-order valence-corrected chi connectivity index (χ2v) is 24.5. The van der Waals surface area contributed by atoms with Crippen LogP contribution >= 0.6 is 23.2 Å². The quantitative estimate of drug-likeness (QED) is 0.0323. The van der Waals surface area contributed by atoms with Gasteiger partial charge in [-0.1, -0.05) is 108 Å². The number of fused-ring (bicyclic) bond motifs is 2. The van der Waals surface area contributed by atoms with Crippen LogP contribution in [-0.4, -0.2) is 59.2 Å². The van der Waals surface area contributed by atoms with E-state index in [1.54, 1.807) is 16.8 Å². The number of hydrogen-bond acceptors (Lipinski definition) is 8. The molecule has 2 fully saturated rings. The van der Waals surface area contributed by atoms with Crippen molar-refractivity contribution in [2.45, 2.75) is 169 Å². The van der Waals surface area contributed by atoms with Crippen LogP contribution in [0.25, 0.3) is 56.0 Å². The van der Waals surface area contributed by atoms with Gasteiger partial charge in [-0.15, -0.1) is 0 Å². The molecule has 0 radical (unpaired) electrons. The first-order valence-electron chi connectivity index (χ1n) is 29.5. The summed E-state index contributed by atoms with van der Waals surface area (Å²) in [6.45, 7) is 13.3. The van der Waals surface area contributed by atoms with Crippen molar-refractivity contribution in [2.75, 3.05) is 6.54 Å². The van der Waals surface area contributed by atoms with Crippen molar-refractivity contribution in [3.05, 3.63) is 162 Å². The maximum absolute atomic E-state index is 15.1. The summed E-state index contributed by atoms with van der Waals surface area (Å²) in [5, 5.41) is 17.6. The van der Waals surface area contributed by atoms with Gasteiger partial charge in [0.25, 0.3) is 0 Å². The van der Waals surface area contributed by atoms with Gasteiger partial charge in [0.2, 0.25) is 0 Å². The predicted octanol–water partition coefficient (Wildman–Crippen LogP) is 15.8. The molecule has 8 aromatic rings. The summed E-state index contributed by atoms with van der Waals surface area (Å²) in [7, 11) is 0. The average molecular weight is 1170 g/mol. The van der Waals surface area contributed by atoms with E-state index < -0.39 is 11.5 Å². The Hall–Kier alpha value is -6.71. The second kappa shape index (κ2) is 28.7. The van der Waals surface area contributed by atoms with Gasteiger partial charge in [0.1, 0.15) is 11.3 Å². The molecule has 83 heavy (non-hydrogen) atoms. The Bertz CT molecular complexity index is 3630. The van der Waals surface area contributed by atoms with E-state index >= 15 is 4.39 Å². The Labute approximate surface area is 498 Å². The summed E-state index contributed by atoms with van der Waals surface area (Å²) in [5.41, 5.74) is 15.7. The number of benzene rings is 4. The number of aromatic amines is 2. The molecule has 10 rings (SSSR count). The van der Waals surface area contributed by atoms with Crippen LogP contribution in [0, 0.1) is 23.1 Å². The van der Waals surface area contributed by atoms with Gasteiger partial charge in [-0.05, 0) is 191 Å². The highest BCUT2D eigenvalue weighted by Crippen LogP contribution is 2.34. The number of aryl methyl sites for hydroxylation is 2. The van der Waals surface area contributed by atoms with E-state index in [0.717, 1.165) is 129 Å². The van der Waals surface area contributed by atoms with Gasteiger partial charge in [-0.3, -0.25) is 14.1 Å². The summed E-state index contributed by atoms with van der Waals surface area (Å²) in [6.07, 6.45) is 19.4. The molecule has 4 aromatic heterocycles. The molecule has 13 nitrogen and oxygen atoms in total. The molecule has 6 heterocycles. The Balaban J connectivity index is 0.000000214.